The number of pyridine rings is 1. The molecule has 1 heterocycles. The molecule has 0 saturated heterocycles. The molecule has 20 heavy (non-hydrogen) atoms. The predicted octanol–water partition coefficient (Wildman–Crippen LogP) is 4.00. The molecule has 0 aliphatic heterocycles. The number of aliphatic hydroxyl groups is 1. The molecule has 0 atom stereocenters. The zero-order valence-electron chi connectivity index (χ0n) is 11.4. The molecule has 1 aromatic heterocycles. The average Bonchev–Trinajstić information content (AvgIpc) is 2.48. The van der Waals surface area contributed by atoms with Gasteiger partial charge in [0.05, 0.1) is 21.8 Å². The van der Waals surface area contributed by atoms with E-state index in [0.717, 1.165) is 42.3 Å². The van der Waals surface area contributed by atoms with Crippen molar-refractivity contribution in [3.05, 3.63) is 35.5 Å². The number of hydrogen-bond donors (Lipinski definition) is 2. The van der Waals surface area contributed by atoms with Gasteiger partial charge in [-0.1, -0.05) is 30.9 Å². The quantitative estimate of drug-likeness (QED) is 0.898. The molecule has 0 unspecified atom stereocenters. The van der Waals surface area contributed by atoms with E-state index in [1.165, 1.54) is 6.42 Å². The van der Waals surface area contributed by atoms with Crippen LogP contribution in [-0.2, 0) is 0 Å². The molecule has 3 nitrogen and oxygen atoms in total. The molecular formula is C16H19ClN2O. The molecule has 1 aliphatic rings. The van der Waals surface area contributed by atoms with Crippen LogP contribution in [0.3, 0.4) is 0 Å². The number of benzene rings is 1. The smallest absolute Gasteiger partial charge is 0.0948 e. The summed E-state index contributed by atoms with van der Waals surface area (Å²) in [5, 5.41) is 15.5. The maximum atomic E-state index is 10.6. The second-order valence-corrected chi connectivity index (χ2v) is 6.04. The van der Waals surface area contributed by atoms with Crippen molar-refractivity contribution in [3.8, 4) is 0 Å². The second-order valence-electron chi connectivity index (χ2n) is 5.63. The van der Waals surface area contributed by atoms with Crippen molar-refractivity contribution >= 4 is 28.2 Å². The van der Waals surface area contributed by atoms with Gasteiger partial charge in [0.1, 0.15) is 0 Å². The molecule has 3 rings (SSSR count). The van der Waals surface area contributed by atoms with Crippen LogP contribution in [-0.4, -0.2) is 22.2 Å². The fourth-order valence-corrected chi connectivity index (χ4v) is 3.14. The van der Waals surface area contributed by atoms with E-state index in [2.05, 4.69) is 10.3 Å². The minimum Gasteiger partial charge on any atom is -0.388 e. The lowest BCUT2D eigenvalue weighted by Gasteiger charge is -2.32. The molecule has 0 bridgehead atoms. The Morgan fingerprint density at radius 3 is 2.80 bits per heavy atom. The lowest BCUT2D eigenvalue weighted by Crippen LogP contribution is -2.38. The Labute approximate surface area is 124 Å². The molecule has 0 amide bonds. The lowest BCUT2D eigenvalue weighted by atomic mass is 9.85. The van der Waals surface area contributed by atoms with Crippen molar-refractivity contribution in [2.24, 2.45) is 0 Å². The van der Waals surface area contributed by atoms with Crippen molar-refractivity contribution in [1.29, 1.82) is 0 Å². The Balaban J connectivity index is 1.82. The van der Waals surface area contributed by atoms with Crippen LogP contribution in [0.4, 0.5) is 5.69 Å². The largest absolute Gasteiger partial charge is 0.388 e. The minimum absolute atomic E-state index is 0.570. The summed E-state index contributed by atoms with van der Waals surface area (Å²) >= 11 is 6.19. The predicted molar refractivity (Wildman–Crippen MR) is 83.3 cm³/mol. The van der Waals surface area contributed by atoms with Crippen LogP contribution in [0.15, 0.2) is 30.5 Å². The van der Waals surface area contributed by atoms with Crippen molar-refractivity contribution in [2.75, 3.05) is 11.9 Å². The fourth-order valence-electron chi connectivity index (χ4n) is 2.93. The van der Waals surface area contributed by atoms with E-state index in [1.807, 2.05) is 24.3 Å². The molecular weight excluding hydrogens is 272 g/mol. The third-order valence-corrected chi connectivity index (χ3v) is 4.44. The van der Waals surface area contributed by atoms with Crippen LogP contribution in [0.1, 0.15) is 32.1 Å². The molecule has 0 spiro atoms. The maximum absolute atomic E-state index is 10.6. The van der Waals surface area contributed by atoms with Crippen molar-refractivity contribution in [1.82, 2.24) is 4.98 Å². The van der Waals surface area contributed by atoms with Crippen LogP contribution < -0.4 is 5.32 Å². The van der Waals surface area contributed by atoms with E-state index in [1.54, 1.807) is 6.20 Å². The minimum atomic E-state index is -0.584. The van der Waals surface area contributed by atoms with E-state index in [-0.39, 0.29) is 0 Å². The van der Waals surface area contributed by atoms with Crippen LogP contribution >= 0.6 is 11.6 Å². The molecule has 2 N–H and O–H groups in total. The number of halogens is 1. The number of hydrogen-bond acceptors (Lipinski definition) is 3. The summed E-state index contributed by atoms with van der Waals surface area (Å²) in [6.45, 7) is 0.570. The first-order chi connectivity index (χ1) is 9.68. The van der Waals surface area contributed by atoms with E-state index in [9.17, 15) is 5.11 Å². The summed E-state index contributed by atoms with van der Waals surface area (Å²) in [7, 11) is 0. The van der Waals surface area contributed by atoms with E-state index in [0.29, 0.717) is 11.6 Å². The van der Waals surface area contributed by atoms with Gasteiger partial charge in [-0.3, -0.25) is 4.98 Å². The van der Waals surface area contributed by atoms with Gasteiger partial charge in [0, 0.05) is 18.1 Å². The first-order valence-electron chi connectivity index (χ1n) is 7.17. The lowest BCUT2D eigenvalue weighted by molar-refractivity contribution is 0.0167. The van der Waals surface area contributed by atoms with E-state index >= 15 is 0 Å². The summed E-state index contributed by atoms with van der Waals surface area (Å²) in [5.74, 6) is 0. The average molecular weight is 291 g/mol. The normalized spacial score (nSPS) is 18.1. The van der Waals surface area contributed by atoms with Gasteiger partial charge in [-0.2, -0.15) is 0 Å². The Morgan fingerprint density at radius 1 is 1.20 bits per heavy atom. The Morgan fingerprint density at radius 2 is 2.00 bits per heavy atom. The van der Waals surface area contributed by atoms with Gasteiger partial charge >= 0.3 is 0 Å². The van der Waals surface area contributed by atoms with E-state index < -0.39 is 5.60 Å². The molecule has 0 radical (unpaired) electrons. The van der Waals surface area contributed by atoms with Crippen molar-refractivity contribution in [3.63, 3.8) is 0 Å². The topological polar surface area (TPSA) is 45.1 Å². The third kappa shape index (κ3) is 2.74. The van der Waals surface area contributed by atoms with Crippen LogP contribution in [0.2, 0.25) is 5.02 Å². The van der Waals surface area contributed by atoms with Crippen LogP contribution in [0.25, 0.3) is 10.9 Å². The van der Waals surface area contributed by atoms with Gasteiger partial charge in [-0.25, -0.2) is 0 Å². The Kier molecular flexibility index (Phi) is 3.81. The summed E-state index contributed by atoms with van der Waals surface area (Å²) < 4.78 is 0. The van der Waals surface area contributed by atoms with Crippen LogP contribution in [0, 0.1) is 0 Å². The summed E-state index contributed by atoms with van der Waals surface area (Å²) in [6.07, 6.45) is 6.96. The molecule has 1 saturated carbocycles. The van der Waals surface area contributed by atoms with Gasteiger partial charge in [0.25, 0.3) is 0 Å². The highest BCUT2D eigenvalue weighted by atomic mass is 35.5. The van der Waals surface area contributed by atoms with Crippen molar-refractivity contribution < 1.29 is 5.11 Å². The number of anilines is 1. The highest BCUT2D eigenvalue weighted by Crippen LogP contribution is 2.31. The standard InChI is InChI=1S/C16H19ClN2O/c17-13-6-7-14(15-12(13)5-4-10-18-15)19-11-16(20)8-2-1-3-9-16/h4-7,10,19-20H,1-3,8-9,11H2. The highest BCUT2D eigenvalue weighted by Gasteiger charge is 2.28. The molecule has 4 heteroatoms. The van der Waals surface area contributed by atoms with Gasteiger partial charge in [0.15, 0.2) is 0 Å². The maximum Gasteiger partial charge on any atom is 0.0948 e. The summed E-state index contributed by atoms with van der Waals surface area (Å²) in [6, 6.07) is 7.65. The molecule has 1 fully saturated rings. The van der Waals surface area contributed by atoms with Gasteiger partial charge in [-0.15, -0.1) is 0 Å². The first kappa shape index (κ1) is 13.7. The number of aromatic nitrogens is 1. The molecule has 106 valence electrons. The Bertz CT molecular complexity index is 608. The molecule has 2 aromatic rings. The summed E-state index contributed by atoms with van der Waals surface area (Å²) in [4.78, 5) is 4.40. The zero-order chi connectivity index (χ0) is 14.0. The van der Waals surface area contributed by atoms with Crippen LogP contribution in [0.5, 0.6) is 0 Å². The fraction of sp³-hybridized carbons (Fsp3) is 0.438. The third-order valence-electron chi connectivity index (χ3n) is 4.11. The number of fused-ring (bicyclic) bond motifs is 1. The van der Waals surface area contributed by atoms with E-state index in [4.69, 9.17) is 11.6 Å². The SMILES string of the molecule is OC1(CNc2ccc(Cl)c3cccnc23)CCCCC1. The van der Waals surface area contributed by atoms with Crippen molar-refractivity contribution in [2.45, 2.75) is 37.7 Å². The number of rotatable bonds is 3. The van der Waals surface area contributed by atoms with Gasteiger partial charge in [-0.05, 0) is 37.1 Å². The molecule has 1 aliphatic carbocycles. The Hall–Kier alpha value is -1.32. The zero-order valence-corrected chi connectivity index (χ0v) is 12.2. The number of nitrogens with zero attached hydrogens (tertiary/aromatic N) is 1. The number of nitrogens with one attached hydrogen (secondary N) is 1. The molecule has 1 aromatic carbocycles. The highest BCUT2D eigenvalue weighted by molar-refractivity contribution is 6.35. The monoisotopic (exact) mass is 290 g/mol. The summed E-state index contributed by atoms with van der Waals surface area (Å²) in [5.41, 5.74) is 1.21. The first-order valence-corrected chi connectivity index (χ1v) is 7.55. The van der Waals surface area contributed by atoms with Gasteiger partial charge < -0.3 is 10.4 Å². The van der Waals surface area contributed by atoms with Gasteiger partial charge in [0.2, 0.25) is 0 Å². The second kappa shape index (κ2) is 5.58.